The van der Waals surface area contributed by atoms with Crippen molar-refractivity contribution in [2.45, 2.75) is 6.92 Å². The lowest BCUT2D eigenvalue weighted by molar-refractivity contribution is 0.626. The summed E-state index contributed by atoms with van der Waals surface area (Å²) in [5.41, 5.74) is 4.78. The second-order valence-electron chi connectivity index (χ2n) is 4.27. The molecule has 0 spiro atoms. The fourth-order valence-corrected chi connectivity index (χ4v) is 2.03. The van der Waals surface area contributed by atoms with Crippen LogP contribution in [0.4, 0.5) is 10.1 Å². The molecule has 0 heterocycles. The molecule has 21 heavy (non-hydrogen) atoms. The number of hydrazone groups is 1. The maximum absolute atomic E-state index is 13.5. The van der Waals surface area contributed by atoms with Gasteiger partial charge in [0.15, 0.2) is 5.11 Å². The summed E-state index contributed by atoms with van der Waals surface area (Å²) in [5.74, 6) is -0.439. The van der Waals surface area contributed by atoms with Gasteiger partial charge in [-0.15, -0.1) is 0 Å². The van der Waals surface area contributed by atoms with Gasteiger partial charge in [0.05, 0.1) is 11.2 Å². The van der Waals surface area contributed by atoms with Gasteiger partial charge in [0.2, 0.25) is 0 Å². The van der Waals surface area contributed by atoms with E-state index in [9.17, 15) is 4.39 Å². The number of hydrogen-bond acceptors (Lipinski definition) is 2. The molecule has 0 saturated heterocycles. The molecule has 0 fully saturated rings. The lowest BCUT2D eigenvalue weighted by atomic mass is 10.2. The van der Waals surface area contributed by atoms with Crippen LogP contribution in [0.15, 0.2) is 47.6 Å². The predicted molar refractivity (Wildman–Crippen MR) is 89.5 cm³/mol. The number of anilines is 1. The highest BCUT2D eigenvalue weighted by atomic mass is 35.5. The minimum absolute atomic E-state index is 0.213. The minimum Gasteiger partial charge on any atom is -0.331 e. The first-order chi connectivity index (χ1) is 10.1. The normalized spacial score (nSPS) is 10.6. The van der Waals surface area contributed by atoms with Gasteiger partial charge >= 0.3 is 0 Å². The van der Waals surface area contributed by atoms with E-state index in [1.54, 1.807) is 6.07 Å². The van der Waals surface area contributed by atoms with Crippen LogP contribution >= 0.6 is 23.8 Å². The lowest BCUT2D eigenvalue weighted by Crippen LogP contribution is -2.24. The van der Waals surface area contributed by atoms with Crippen molar-refractivity contribution >= 4 is 40.8 Å². The van der Waals surface area contributed by atoms with Crippen LogP contribution in [0.5, 0.6) is 0 Å². The van der Waals surface area contributed by atoms with Crippen LogP contribution in [0, 0.1) is 12.7 Å². The van der Waals surface area contributed by atoms with Crippen molar-refractivity contribution in [1.29, 1.82) is 0 Å². The van der Waals surface area contributed by atoms with Crippen molar-refractivity contribution in [1.82, 2.24) is 5.43 Å². The standard InChI is InChI=1S/C15H13ClFN3S/c1-10-5-2-3-8-14(10)19-15(21)20-18-9-11-12(16)6-4-7-13(11)17/h2-9H,1H3,(H2,19,20,21)/b18-9-. The molecule has 0 unspecified atom stereocenters. The molecule has 0 atom stereocenters. The summed E-state index contributed by atoms with van der Waals surface area (Å²) in [6.45, 7) is 1.97. The first kappa shape index (κ1) is 15.4. The van der Waals surface area contributed by atoms with Gasteiger partial charge in [-0.3, -0.25) is 5.43 Å². The third-order valence-electron chi connectivity index (χ3n) is 2.75. The summed E-state index contributed by atoms with van der Waals surface area (Å²) >= 11 is 11.0. The minimum atomic E-state index is -0.439. The Morgan fingerprint density at radius 2 is 2.00 bits per heavy atom. The van der Waals surface area contributed by atoms with E-state index in [2.05, 4.69) is 15.8 Å². The quantitative estimate of drug-likeness (QED) is 0.507. The topological polar surface area (TPSA) is 36.4 Å². The molecule has 2 N–H and O–H groups in total. The molecular formula is C15H13ClFN3S. The van der Waals surface area contributed by atoms with Crippen molar-refractivity contribution in [3.63, 3.8) is 0 Å². The Morgan fingerprint density at radius 1 is 1.24 bits per heavy atom. The first-order valence-corrected chi connectivity index (χ1v) is 6.96. The van der Waals surface area contributed by atoms with E-state index in [0.29, 0.717) is 10.1 Å². The number of benzene rings is 2. The zero-order valence-corrected chi connectivity index (χ0v) is 12.8. The van der Waals surface area contributed by atoms with Crippen LogP contribution in [0.3, 0.4) is 0 Å². The van der Waals surface area contributed by atoms with Crippen LogP contribution in [-0.4, -0.2) is 11.3 Å². The van der Waals surface area contributed by atoms with Gasteiger partial charge in [0, 0.05) is 11.3 Å². The highest BCUT2D eigenvalue weighted by Crippen LogP contribution is 2.16. The molecule has 0 bridgehead atoms. The molecule has 0 aliphatic heterocycles. The molecule has 2 aromatic rings. The molecule has 108 valence electrons. The van der Waals surface area contributed by atoms with Gasteiger partial charge in [-0.2, -0.15) is 5.10 Å². The zero-order valence-electron chi connectivity index (χ0n) is 11.2. The number of thiocarbonyl (C=S) groups is 1. The number of halogens is 2. The molecule has 0 aliphatic carbocycles. The third-order valence-corrected chi connectivity index (χ3v) is 3.28. The second kappa shape index (κ2) is 7.15. The smallest absolute Gasteiger partial charge is 0.191 e. The predicted octanol–water partition coefficient (Wildman–Crippen LogP) is 4.11. The molecule has 2 rings (SSSR count). The summed E-state index contributed by atoms with van der Waals surface area (Å²) in [4.78, 5) is 0. The highest BCUT2D eigenvalue weighted by Gasteiger charge is 2.04. The summed E-state index contributed by atoms with van der Waals surface area (Å²) in [6, 6.07) is 12.2. The van der Waals surface area contributed by atoms with E-state index in [1.165, 1.54) is 18.3 Å². The number of aryl methyl sites for hydroxylation is 1. The van der Waals surface area contributed by atoms with Gasteiger partial charge in [0.25, 0.3) is 0 Å². The third kappa shape index (κ3) is 4.24. The van der Waals surface area contributed by atoms with Gasteiger partial charge in [0.1, 0.15) is 5.82 Å². The summed E-state index contributed by atoms with van der Waals surface area (Å²) in [7, 11) is 0. The second-order valence-corrected chi connectivity index (χ2v) is 5.09. The van der Waals surface area contributed by atoms with Crippen molar-refractivity contribution in [3.05, 3.63) is 64.4 Å². The average molecular weight is 322 g/mol. The Kier molecular flexibility index (Phi) is 5.25. The van der Waals surface area contributed by atoms with Crippen molar-refractivity contribution < 1.29 is 4.39 Å². The van der Waals surface area contributed by atoms with E-state index < -0.39 is 5.82 Å². The zero-order chi connectivity index (χ0) is 15.2. The monoisotopic (exact) mass is 321 g/mol. The van der Waals surface area contributed by atoms with Gasteiger partial charge < -0.3 is 5.32 Å². The van der Waals surface area contributed by atoms with E-state index >= 15 is 0 Å². The molecule has 0 saturated carbocycles. The summed E-state index contributed by atoms with van der Waals surface area (Å²) in [6.07, 6.45) is 1.30. The number of nitrogens with one attached hydrogen (secondary N) is 2. The van der Waals surface area contributed by atoms with Crippen LogP contribution in [0.25, 0.3) is 0 Å². The largest absolute Gasteiger partial charge is 0.331 e. The maximum Gasteiger partial charge on any atom is 0.191 e. The Morgan fingerprint density at radius 3 is 2.71 bits per heavy atom. The summed E-state index contributed by atoms with van der Waals surface area (Å²) in [5, 5.41) is 7.49. The van der Waals surface area contributed by atoms with E-state index in [1.807, 2.05) is 31.2 Å². The molecular weight excluding hydrogens is 309 g/mol. The highest BCUT2D eigenvalue weighted by molar-refractivity contribution is 7.80. The number of hydrogen-bond donors (Lipinski definition) is 2. The first-order valence-electron chi connectivity index (χ1n) is 6.17. The van der Waals surface area contributed by atoms with E-state index in [4.69, 9.17) is 23.8 Å². The SMILES string of the molecule is Cc1ccccc1NC(=S)N/N=C\c1c(F)cccc1Cl. The van der Waals surface area contributed by atoms with Crippen molar-refractivity contribution in [2.75, 3.05) is 5.32 Å². The van der Waals surface area contributed by atoms with Gasteiger partial charge in [-0.25, -0.2) is 4.39 Å². The van der Waals surface area contributed by atoms with Gasteiger partial charge in [-0.05, 0) is 42.9 Å². The fourth-order valence-electron chi connectivity index (χ4n) is 1.65. The number of para-hydroxylation sites is 1. The molecule has 3 nitrogen and oxygen atoms in total. The van der Waals surface area contributed by atoms with Crippen LogP contribution in [0.1, 0.15) is 11.1 Å². The van der Waals surface area contributed by atoms with Crippen molar-refractivity contribution in [3.8, 4) is 0 Å². The molecule has 0 radical (unpaired) electrons. The Hall–Kier alpha value is -1.98. The Labute approximate surface area is 132 Å². The molecule has 0 amide bonds. The molecule has 6 heteroatoms. The Bertz CT molecular complexity index is 668. The molecule has 2 aromatic carbocycles. The number of rotatable bonds is 3. The van der Waals surface area contributed by atoms with Crippen LogP contribution < -0.4 is 10.7 Å². The lowest BCUT2D eigenvalue weighted by Gasteiger charge is -2.09. The van der Waals surface area contributed by atoms with Crippen molar-refractivity contribution in [2.24, 2.45) is 5.10 Å². The van der Waals surface area contributed by atoms with Crippen LogP contribution in [0.2, 0.25) is 5.02 Å². The average Bonchev–Trinajstić information content (AvgIpc) is 2.45. The van der Waals surface area contributed by atoms with E-state index in [-0.39, 0.29) is 5.56 Å². The molecule has 0 aliphatic rings. The summed E-state index contributed by atoms with van der Waals surface area (Å²) < 4.78 is 13.5. The Balaban J connectivity index is 1.98. The molecule has 0 aromatic heterocycles. The van der Waals surface area contributed by atoms with E-state index in [0.717, 1.165) is 11.3 Å². The van der Waals surface area contributed by atoms with Crippen LogP contribution in [-0.2, 0) is 0 Å². The fraction of sp³-hybridized carbons (Fsp3) is 0.0667. The maximum atomic E-state index is 13.5. The van der Waals surface area contributed by atoms with Gasteiger partial charge in [-0.1, -0.05) is 35.9 Å². The number of nitrogens with zero attached hydrogens (tertiary/aromatic N) is 1.